The number of aromatic carboxylic acids is 1. The molecule has 3 aromatic rings. The number of halogens is 1. The predicted molar refractivity (Wildman–Crippen MR) is 84.2 cm³/mol. The van der Waals surface area contributed by atoms with E-state index >= 15 is 0 Å². The van der Waals surface area contributed by atoms with Crippen molar-refractivity contribution in [3.63, 3.8) is 0 Å². The summed E-state index contributed by atoms with van der Waals surface area (Å²) < 4.78 is 2.00. The lowest BCUT2D eigenvalue weighted by atomic mass is 10.1. The van der Waals surface area contributed by atoms with Crippen LogP contribution in [0.1, 0.15) is 21.6 Å². The Morgan fingerprint density at radius 1 is 1.14 bits per heavy atom. The quantitative estimate of drug-likeness (QED) is 0.781. The zero-order chi connectivity index (χ0) is 15.0. The molecule has 3 rings (SSSR count). The van der Waals surface area contributed by atoms with Crippen LogP contribution in [0, 0.1) is 6.92 Å². The molecule has 106 valence electrons. The molecule has 0 bridgehead atoms. The zero-order valence-corrected chi connectivity index (χ0v) is 12.3. The fraction of sp³-hybridized carbons (Fsp3) is 0.118. The van der Waals surface area contributed by atoms with Gasteiger partial charge in [-0.1, -0.05) is 48.0 Å². The molecule has 1 heterocycles. The highest BCUT2D eigenvalue weighted by Crippen LogP contribution is 2.28. The van der Waals surface area contributed by atoms with E-state index in [0.717, 1.165) is 22.2 Å². The topological polar surface area (TPSA) is 42.2 Å². The number of aromatic nitrogens is 1. The van der Waals surface area contributed by atoms with E-state index in [0.29, 0.717) is 17.1 Å². The Kier molecular flexibility index (Phi) is 3.43. The first-order valence-electron chi connectivity index (χ1n) is 6.64. The lowest BCUT2D eigenvalue weighted by Crippen LogP contribution is -2.05. The summed E-state index contributed by atoms with van der Waals surface area (Å²) in [6, 6.07) is 15.2. The molecule has 0 atom stereocenters. The Morgan fingerprint density at radius 3 is 2.52 bits per heavy atom. The largest absolute Gasteiger partial charge is 0.478 e. The van der Waals surface area contributed by atoms with Crippen molar-refractivity contribution in [2.75, 3.05) is 0 Å². The highest BCUT2D eigenvalue weighted by Gasteiger charge is 2.19. The van der Waals surface area contributed by atoms with Gasteiger partial charge in [0.25, 0.3) is 0 Å². The third kappa shape index (κ3) is 2.30. The Balaban J connectivity index is 2.21. The molecule has 2 aromatic carbocycles. The van der Waals surface area contributed by atoms with E-state index in [1.165, 1.54) is 0 Å². The minimum absolute atomic E-state index is 0.359. The smallest absolute Gasteiger partial charge is 0.338 e. The van der Waals surface area contributed by atoms with Gasteiger partial charge in [-0.25, -0.2) is 4.79 Å². The average Bonchev–Trinajstić information content (AvgIpc) is 2.74. The van der Waals surface area contributed by atoms with Gasteiger partial charge in [-0.05, 0) is 24.6 Å². The fourth-order valence-corrected chi connectivity index (χ4v) is 2.90. The van der Waals surface area contributed by atoms with Crippen molar-refractivity contribution in [2.24, 2.45) is 0 Å². The van der Waals surface area contributed by atoms with Crippen LogP contribution in [-0.2, 0) is 6.54 Å². The molecule has 3 nitrogen and oxygen atoms in total. The van der Waals surface area contributed by atoms with Crippen LogP contribution >= 0.6 is 11.6 Å². The molecular formula is C17H14ClNO2. The van der Waals surface area contributed by atoms with E-state index in [1.807, 2.05) is 60.0 Å². The second-order valence-electron chi connectivity index (χ2n) is 4.96. The van der Waals surface area contributed by atoms with Gasteiger partial charge in [0.05, 0.1) is 5.56 Å². The van der Waals surface area contributed by atoms with Gasteiger partial charge in [-0.2, -0.15) is 0 Å². The van der Waals surface area contributed by atoms with Gasteiger partial charge in [0.2, 0.25) is 0 Å². The summed E-state index contributed by atoms with van der Waals surface area (Å²) in [5.41, 5.74) is 2.98. The van der Waals surface area contributed by atoms with Crippen LogP contribution in [0.2, 0.25) is 5.02 Å². The summed E-state index contributed by atoms with van der Waals surface area (Å²) in [5, 5.41) is 10.9. The van der Waals surface area contributed by atoms with Gasteiger partial charge in [-0.3, -0.25) is 0 Å². The number of fused-ring (bicyclic) bond motifs is 1. The zero-order valence-electron chi connectivity index (χ0n) is 11.5. The molecule has 0 aliphatic heterocycles. The SMILES string of the molecule is Cc1c(C(=O)O)c2ccccc2n1Cc1ccccc1Cl. The van der Waals surface area contributed by atoms with Crippen molar-refractivity contribution in [1.29, 1.82) is 0 Å². The minimum atomic E-state index is -0.901. The van der Waals surface area contributed by atoms with E-state index in [-0.39, 0.29) is 0 Å². The van der Waals surface area contributed by atoms with Crippen molar-refractivity contribution in [3.8, 4) is 0 Å². The highest BCUT2D eigenvalue weighted by molar-refractivity contribution is 6.31. The second kappa shape index (κ2) is 5.26. The maximum Gasteiger partial charge on any atom is 0.338 e. The fourth-order valence-electron chi connectivity index (χ4n) is 2.70. The molecule has 1 aromatic heterocycles. The summed E-state index contributed by atoms with van der Waals surface area (Å²) in [7, 11) is 0. The molecule has 0 unspecified atom stereocenters. The first kappa shape index (κ1) is 13.7. The lowest BCUT2D eigenvalue weighted by molar-refractivity contribution is 0.0698. The summed E-state index contributed by atoms with van der Waals surface area (Å²) in [4.78, 5) is 11.5. The van der Waals surface area contributed by atoms with Crippen molar-refractivity contribution in [1.82, 2.24) is 4.57 Å². The van der Waals surface area contributed by atoms with Gasteiger partial charge in [0, 0.05) is 28.2 Å². The van der Waals surface area contributed by atoms with Gasteiger partial charge >= 0.3 is 5.97 Å². The number of hydrogen-bond acceptors (Lipinski definition) is 1. The van der Waals surface area contributed by atoms with Crippen LogP contribution in [0.25, 0.3) is 10.9 Å². The molecule has 0 saturated heterocycles. The summed E-state index contributed by atoms with van der Waals surface area (Å²) in [5.74, 6) is -0.901. The maximum absolute atomic E-state index is 11.5. The van der Waals surface area contributed by atoms with E-state index in [2.05, 4.69) is 0 Å². The molecule has 1 N–H and O–H groups in total. The molecular weight excluding hydrogens is 286 g/mol. The molecule has 21 heavy (non-hydrogen) atoms. The van der Waals surface area contributed by atoms with Crippen LogP contribution in [0.3, 0.4) is 0 Å². The Labute approximate surface area is 127 Å². The normalized spacial score (nSPS) is 11.0. The Morgan fingerprint density at radius 2 is 1.81 bits per heavy atom. The monoisotopic (exact) mass is 299 g/mol. The number of rotatable bonds is 3. The van der Waals surface area contributed by atoms with Gasteiger partial charge < -0.3 is 9.67 Å². The van der Waals surface area contributed by atoms with Gasteiger partial charge in [-0.15, -0.1) is 0 Å². The number of para-hydroxylation sites is 1. The van der Waals surface area contributed by atoms with Crippen LogP contribution in [0.5, 0.6) is 0 Å². The number of carboxylic acid groups (broad SMARTS) is 1. The van der Waals surface area contributed by atoms with Crippen LogP contribution in [-0.4, -0.2) is 15.6 Å². The number of carbonyl (C=O) groups is 1. The number of nitrogens with zero attached hydrogens (tertiary/aromatic N) is 1. The molecule has 0 aliphatic rings. The van der Waals surface area contributed by atoms with Gasteiger partial charge in [0.15, 0.2) is 0 Å². The molecule has 0 amide bonds. The van der Waals surface area contributed by atoms with Gasteiger partial charge in [0.1, 0.15) is 0 Å². The number of hydrogen-bond donors (Lipinski definition) is 1. The molecule has 0 spiro atoms. The van der Waals surface area contributed by atoms with Crippen LogP contribution in [0.15, 0.2) is 48.5 Å². The Bertz CT molecular complexity index is 836. The van der Waals surface area contributed by atoms with Crippen molar-refractivity contribution >= 4 is 28.5 Å². The van der Waals surface area contributed by atoms with E-state index in [9.17, 15) is 9.90 Å². The maximum atomic E-state index is 11.5. The first-order valence-corrected chi connectivity index (χ1v) is 7.02. The standard InChI is InChI=1S/C17H14ClNO2/c1-11-16(17(20)21)13-7-3-5-9-15(13)19(11)10-12-6-2-4-8-14(12)18/h2-9H,10H2,1H3,(H,20,21). The molecule has 0 aliphatic carbocycles. The number of benzene rings is 2. The van der Waals surface area contributed by atoms with E-state index in [1.54, 1.807) is 0 Å². The lowest BCUT2D eigenvalue weighted by Gasteiger charge is -2.10. The minimum Gasteiger partial charge on any atom is -0.478 e. The third-order valence-corrected chi connectivity index (χ3v) is 4.10. The molecule has 0 saturated carbocycles. The van der Waals surface area contributed by atoms with E-state index < -0.39 is 5.97 Å². The van der Waals surface area contributed by atoms with E-state index in [4.69, 9.17) is 11.6 Å². The predicted octanol–water partition coefficient (Wildman–Crippen LogP) is 4.35. The van der Waals surface area contributed by atoms with Crippen molar-refractivity contribution in [3.05, 3.63) is 70.4 Å². The molecule has 4 heteroatoms. The highest BCUT2D eigenvalue weighted by atomic mass is 35.5. The number of carboxylic acids is 1. The third-order valence-electron chi connectivity index (χ3n) is 3.73. The summed E-state index contributed by atoms with van der Waals surface area (Å²) >= 11 is 6.22. The summed E-state index contributed by atoms with van der Waals surface area (Å²) in [6.07, 6.45) is 0. The van der Waals surface area contributed by atoms with Crippen molar-refractivity contribution in [2.45, 2.75) is 13.5 Å². The van der Waals surface area contributed by atoms with Crippen molar-refractivity contribution < 1.29 is 9.90 Å². The first-order chi connectivity index (χ1) is 10.1. The molecule has 0 fully saturated rings. The average molecular weight is 300 g/mol. The summed E-state index contributed by atoms with van der Waals surface area (Å²) in [6.45, 7) is 2.39. The van der Waals surface area contributed by atoms with Crippen LogP contribution in [0.4, 0.5) is 0 Å². The van der Waals surface area contributed by atoms with Crippen LogP contribution < -0.4 is 0 Å². The molecule has 0 radical (unpaired) electrons. The second-order valence-corrected chi connectivity index (χ2v) is 5.37. The Hall–Kier alpha value is -2.26.